The van der Waals surface area contributed by atoms with Gasteiger partial charge in [0.05, 0.1) is 26.1 Å². The van der Waals surface area contributed by atoms with Crippen LogP contribution in [0.2, 0.25) is 0 Å². The van der Waals surface area contributed by atoms with Crippen LogP contribution in [-0.4, -0.2) is 61.6 Å². The second kappa shape index (κ2) is 14.1. The molecule has 0 unspecified atom stereocenters. The van der Waals surface area contributed by atoms with E-state index in [2.05, 4.69) is 10.6 Å². The molecule has 0 saturated heterocycles. The molecule has 10 nitrogen and oxygen atoms in total. The lowest BCUT2D eigenvalue weighted by atomic mass is 9.84. The molecule has 0 aromatic carbocycles. The van der Waals surface area contributed by atoms with Gasteiger partial charge in [-0.3, -0.25) is 9.59 Å². The summed E-state index contributed by atoms with van der Waals surface area (Å²) >= 11 is 0. The van der Waals surface area contributed by atoms with Crippen LogP contribution in [0, 0.1) is 11.8 Å². The van der Waals surface area contributed by atoms with Crippen molar-refractivity contribution in [3.63, 3.8) is 0 Å². The SMILES string of the molecule is COC(=O)[C@@H]1CCCC[C@H]1NC(=O)OC(C)(C)C.COC(=O)[C@H]1CC=CC[C@H]1NC(=O)OC(C)(C)C. The maximum Gasteiger partial charge on any atom is 0.407 e. The smallest absolute Gasteiger partial charge is 0.407 e. The molecule has 0 heterocycles. The summed E-state index contributed by atoms with van der Waals surface area (Å²) in [6, 6.07) is -0.446. The standard InChI is InChI=1S/C13H23NO4.C13H21NO4/c2*1-13(2,3)18-12(16)14-10-8-6-5-7-9(10)11(15)17-4/h9-10H,5-8H2,1-4H3,(H,14,16);5-6,9-10H,7-8H2,1-4H3,(H,14,16)/t9-,10-;9-,10+/m10/s1. The predicted octanol–water partition coefficient (Wildman–Crippen LogP) is 4.26. The molecule has 2 amide bonds. The number of ether oxygens (including phenoxy) is 4. The maximum atomic E-state index is 11.7. The molecular formula is C26H44N2O8. The number of carbonyl (C=O) groups excluding carboxylic acids is 4. The topological polar surface area (TPSA) is 129 Å². The molecule has 0 bridgehead atoms. The largest absolute Gasteiger partial charge is 0.469 e. The van der Waals surface area contributed by atoms with E-state index in [9.17, 15) is 19.2 Å². The Morgan fingerprint density at radius 3 is 1.61 bits per heavy atom. The zero-order valence-electron chi connectivity index (χ0n) is 23.0. The van der Waals surface area contributed by atoms with Gasteiger partial charge in [-0.2, -0.15) is 0 Å². The van der Waals surface area contributed by atoms with Crippen LogP contribution < -0.4 is 10.6 Å². The van der Waals surface area contributed by atoms with Crippen molar-refractivity contribution < 1.29 is 38.1 Å². The van der Waals surface area contributed by atoms with E-state index in [4.69, 9.17) is 18.9 Å². The van der Waals surface area contributed by atoms with Gasteiger partial charge in [-0.15, -0.1) is 0 Å². The lowest BCUT2D eigenvalue weighted by Crippen LogP contribution is -2.47. The van der Waals surface area contributed by atoms with Crippen molar-refractivity contribution in [3.05, 3.63) is 12.2 Å². The van der Waals surface area contributed by atoms with Gasteiger partial charge in [0.1, 0.15) is 11.2 Å². The van der Waals surface area contributed by atoms with Crippen LogP contribution in [0.3, 0.4) is 0 Å². The highest BCUT2D eigenvalue weighted by molar-refractivity contribution is 5.76. The summed E-state index contributed by atoms with van der Waals surface area (Å²) in [6.07, 6.45) is 7.63. The molecule has 0 aromatic heterocycles. The monoisotopic (exact) mass is 512 g/mol. The first-order valence-electron chi connectivity index (χ1n) is 12.5. The molecule has 1 fully saturated rings. The molecule has 2 N–H and O–H groups in total. The Morgan fingerprint density at radius 2 is 1.11 bits per heavy atom. The average Bonchev–Trinajstić information content (AvgIpc) is 2.76. The summed E-state index contributed by atoms with van der Waals surface area (Å²) in [5.74, 6) is -1.15. The van der Waals surface area contributed by atoms with Crippen LogP contribution in [0.4, 0.5) is 9.59 Å². The zero-order valence-corrected chi connectivity index (χ0v) is 23.0. The number of hydrogen-bond acceptors (Lipinski definition) is 8. The highest BCUT2D eigenvalue weighted by atomic mass is 16.6. The molecule has 0 aromatic rings. The Kier molecular flexibility index (Phi) is 12.2. The molecular weight excluding hydrogens is 468 g/mol. The summed E-state index contributed by atoms with van der Waals surface area (Å²) in [5.41, 5.74) is -1.07. The van der Waals surface area contributed by atoms with E-state index in [-0.39, 0.29) is 35.9 Å². The van der Waals surface area contributed by atoms with Crippen molar-refractivity contribution in [1.29, 1.82) is 0 Å². The number of nitrogens with one attached hydrogen (secondary N) is 2. The molecule has 10 heteroatoms. The molecule has 1 saturated carbocycles. The average molecular weight is 513 g/mol. The fraction of sp³-hybridized carbons (Fsp3) is 0.769. The molecule has 0 radical (unpaired) electrons. The summed E-state index contributed by atoms with van der Waals surface area (Å²) in [7, 11) is 2.73. The fourth-order valence-electron chi connectivity index (χ4n) is 4.04. The minimum Gasteiger partial charge on any atom is -0.469 e. The Bertz CT molecular complexity index is 782. The first-order chi connectivity index (χ1) is 16.7. The van der Waals surface area contributed by atoms with E-state index in [1.165, 1.54) is 14.2 Å². The summed E-state index contributed by atoms with van der Waals surface area (Å²) in [6.45, 7) is 10.8. The third-order valence-electron chi connectivity index (χ3n) is 5.61. The summed E-state index contributed by atoms with van der Waals surface area (Å²) < 4.78 is 19.9. The predicted molar refractivity (Wildman–Crippen MR) is 134 cm³/mol. The van der Waals surface area contributed by atoms with Crippen molar-refractivity contribution in [1.82, 2.24) is 10.6 Å². The number of carbonyl (C=O) groups is 4. The van der Waals surface area contributed by atoms with E-state index in [0.717, 1.165) is 25.7 Å². The van der Waals surface area contributed by atoms with Crippen molar-refractivity contribution in [2.75, 3.05) is 14.2 Å². The molecule has 206 valence electrons. The number of esters is 2. The van der Waals surface area contributed by atoms with Crippen LogP contribution in [0.5, 0.6) is 0 Å². The summed E-state index contributed by atoms with van der Waals surface area (Å²) in [4.78, 5) is 46.6. The lowest BCUT2D eigenvalue weighted by molar-refractivity contribution is -0.148. The number of allylic oxidation sites excluding steroid dienone is 1. The number of alkyl carbamates (subject to hydrolysis) is 2. The molecule has 4 atom stereocenters. The third kappa shape index (κ3) is 11.8. The highest BCUT2D eigenvalue weighted by Gasteiger charge is 2.34. The quantitative estimate of drug-likeness (QED) is 0.325. The van der Waals surface area contributed by atoms with E-state index in [1.54, 1.807) is 20.8 Å². The highest BCUT2D eigenvalue weighted by Crippen LogP contribution is 2.26. The van der Waals surface area contributed by atoms with Gasteiger partial charge in [0.15, 0.2) is 0 Å². The van der Waals surface area contributed by atoms with Crippen LogP contribution >= 0.6 is 0 Å². The minimum absolute atomic E-state index is 0.180. The van der Waals surface area contributed by atoms with Gasteiger partial charge in [0, 0.05) is 12.1 Å². The van der Waals surface area contributed by atoms with Crippen molar-refractivity contribution in [2.24, 2.45) is 11.8 Å². The first-order valence-corrected chi connectivity index (χ1v) is 12.5. The zero-order chi connectivity index (χ0) is 27.5. The molecule has 2 aliphatic carbocycles. The van der Waals surface area contributed by atoms with Crippen LogP contribution in [0.1, 0.15) is 80.1 Å². The minimum atomic E-state index is -0.546. The van der Waals surface area contributed by atoms with Gasteiger partial charge in [0.25, 0.3) is 0 Å². The molecule has 0 spiro atoms. The second-order valence-electron chi connectivity index (χ2n) is 11.0. The maximum absolute atomic E-state index is 11.7. The number of rotatable bonds is 4. The molecule has 2 aliphatic rings. The second-order valence-corrected chi connectivity index (χ2v) is 11.0. The number of amides is 2. The summed E-state index contributed by atoms with van der Waals surface area (Å²) in [5, 5.41) is 5.51. The van der Waals surface area contributed by atoms with Crippen LogP contribution in [0.25, 0.3) is 0 Å². The fourth-order valence-corrected chi connectivity index (χ4v) is 4.04. The Morgan fingerprint density at radius 1 is 0.667 bits per heavy atom. The van der Waals surface area contributed by atoms with E-state index in [0.29, 0.717) is 12.8 Å². The van der Waals surface area contributed by atoms with Crippen molar-refractivity contribution in [2.45, 2.75) is 103 Å². The molecule has 0 aliphatic heterocycles. The van der Waals surface area contributed by atoms with E-state index >= 15 is 0 Å². The lowest BCUT2D eigenvalue weighted by Gasteiger charge is -2.31. The normalized spacial score (nSPS) is 23.8. The Labute approximate surface area is 214 Å². The van der Waals surface area contributed by atoms with Gasteiger partial charge in [-0.05, 0) is 67.2 Å². The van der Waals surface area contributed by atoms with Gasteiger partial charge in [-0.25, -0.2) is 9.59 Å². The van der Waals surface area contributed by atoms with E-state index in [1.807, 2.05) is 32.9 Å². The number of hydrogen-bond donors (Lipinski definition) is 2. The number of methoxy groups -OCH3 is 2. The van der Waals surface area contributed by atoms with Gasteiger partial charge >= 0.3 is 24.1 Å². The first kappa shape index (κ1) is 31.3. The van der Waals surface area contributed by atoms with Crippen LogP contribution in [0.15, 0.2) is 12.2 Å². The third-order valence-corrected chi connectivity index (χ3v) is 5.61. The Balaban J connectivity index is 0.000000360. The van der Waals surface area contributed by atoms with Crippen molar-refractivity contribution >= 4 is 24.1 Å². The van der Waals surface area contributed by atoms with Gasteiger partial charge in [-0.1, -0.05) is 25.0 Å². The van der Waals surface area contributed by atoms with Gasteiger partial charge in [0.2, 0.25) is 0 Å². The molecule has 2 rings (SSSR count). The Hall–Kier alpha value is -2.78. The van der Waals surface area contributed by atoms with Gasteiger partial charge < -0.3 is 29.6 Å². The molecule has 36 heavy (non-hydrogen) atoms. The van der Waals surface area contributed by atoms with Crippen molar-refractivity contribution in [3.8, 4) is 0 Å². The van der Waals surface area contributed by atoms with E-state index < -0.39 is 23.4 Å². The van der Waals surface area contributed by atoms with Crippen LogP contribution in [-0.2, 0) is 28.5 Å².